The van der Waals surface area contributed by atoms with Gasteiger partial charge < -0.3 is 5.11 Å². The van der Waals surface area contributed by atoms with E-state index in [4.69, 9.17) is 5.11 Å². The molecule has 0 saturated carbocycles. The van der Waals surface area contributed by atoms with E-state index < -0.39 is 5.97 Å². The van der Waals surface area contributed by atoms with Gasteiger partial charge >= 0.3 is 25.8 Å². The average Bonchev–Trinajstić information content (AvgIpc) is 1.36. The first-order valence-electron chi connectivity index (χ1n) is 1.53. The Kier molecular flexibility index (Phi) is 5.72. The monoisotopic (exact) mass is 158 g/mol. The summed E-state index contributed by atoms with van der Waals surface area (Å²) in [7, 11) is 0. The van der Waals surface area contributed by atoms with Crippen LogP contribution in [0.4, 0.5) is 0 Å². The summed E-state index contributed by atoms with van der Waals surface area (Å²) in [5, 5.41) is 7.89. The maximum absolute atomic E-state index is 9.60. The average molecular weight is 159 g/mol. The second-order valence-corrected chi connectivity index (χ2v) is 1.09. The van der Waals surface area contributed by atoms with Gasteiger partial charge in [-0.05, 0) is 6.92 Å². The fraction of sp³-hybridized carbons (Fsp3) is 0.250. The zero-order chi connectivity index (χ0) is 5.15. The summed E-state index contributed by atoms with van der Waals surface area (Å²) in [5.74, 6) is -0.935. The minimum atomic E-state index is -0.935. The molecule has 0 amide bonds. The van der Waals surface area contributed by atoms with Crippen LogP contribution in [0.3, 0.4) is 0 Å². The van der Waals surface area contributed by atoms with Crippen molar-refractivity contribution in [3.05, 3.63) is 12.2 Å². The molecule has 2 nitrogen and oxygen atoms in total. The Morgan fingerprint density at radius 3 is 1.86 bits per heavy atom. The van der Waals surface area contributed by atoms with Crippen molar-refractivity contribution in [3.63, 3.8) is 0 Å². The summed E-state index contributed by atoms with van der Waals surface area (Å²) in [6.07, 6.45) is 0. The van der Waals surface area contributed by atoms with E-state index in [0.717, 1.165) is 0 Å². The van der Waals surface area contributed by atoms with Crippen LogP contribution in [0.5, 0.6) is 0 Å². The number of hydrogen-bond donors (Lipinski definition) is 1. The summed E-state index contributed by atoms with van der Waals surface area (Å²) in [5.41, 5.74) is 0.176. The number of aliphatic carboxylic acids is 1. The molecule has 7 heavy (non-hydrogen) atoms. The van der Waals surface area contributed by atoms with Gasteiger partial charge in [0.05, 0.1) is 0 Å². The minimum absolute atomic E-state index is 0. The molecule has 0 atom stereocenters. The normalized spacial score (nSPS) is 6.43. The van der Waals surface area contributed by atoms with Crippen molar-refractivity contribution in [2.24, 2.45) is 0 Å². The first-order valence-corrected chi connectivity index (χ1v) is 1.53. The number of hydrogen-bond acceptors (Lipinski definition) is 1. The Balaban J connectivity index is 0. The zero-order valence-electron chi connectivity index (χ0n) is 3.56. The number of carboxylic acids is 1. The maximum atomic E-state index is 9.60. The molecule has 0 aromatic heterocycles. The van der Waals surface area contributed by atoms with Crippen molar-refractivity contribution in [1.29, 1.82) is 0 Å². The zero-order valence-corrected chi connectivity index (χ0v) is 3.56. The fourth-order valence-electron chi connectivity index (χ4n) is 0. The molecule has 1 N–H and O–H groups in total. The van der Waals surface area contributed by atoms with Crippen LogP contribution in [0.1, 0.15) is 6.92 Å². The predicted octanol–water partition coefficient (Wildman–Crippen LogP) is -0.537. The van der Waals surface area contributed by atoms with E-state index in [9.17, 15) is 4.79 Å². The molecule has 0 aliphatic rings. The van der Waals surface area contributed by atoms with E-state index in [1.54, 1.807) is 0 Å². The molecule has 0 aliphatic carbocycles. The van der Waals surface area contributed by atoms with Crippen LogP contribution in [0.15, 0.2) is 12.2 Å². The van der Waals surface area contributed by atoms with Crippen molar-refractivity contribution in [3.8, 4) is 0 Å². The second kappa shape index (κ2) is 4.02. The Morgan fingerprint density at radius 1 is 1.71 bits per heavy atom. The first-order chi connectivity index (χ1) is 2.64. The third-order valence-electron chi connectivity index (χ3n) is 0.365. The van der Waals surface area contributed by atoms with Crippen molar-refractivity contribution >= 4 is 25.8 Å². The van der Waals surface area contributed by atoms with Crippen LogP contribution in [-0.2, 0) is 4.79 Å². The standard InChI is InChI=1S/C4H6O2.Ga.3H/c1-3(2)4(5)6;;;;/h1H2,2H3,(H,5,6);;;;. The molecular formula is C4H9GaO2. The molecular weight excluding hydrogens is 150 g/mol. The van der Waals surface area contributed by atoms with E-state index >= 15 is 0 Å². The molecule has 0 fully saturated rings. The molecule has 0 aromatic carbocycles. The van der Waals surface area contributed by atoms with Gasteiger partial charge in [0.1, 0.15) is 0 Å². The second-order valence-electron chi connectivity index (χ2n) is 1.09. The van der Waals surface area contributed by atoms with Crippen molar-refractivity contribution < 1.29 is 9.90 Å². The Labute approximate surface area is 55.3 Å². The van der Waals surface area contributed by atoms with E-state index in [1.807, 2.05) is 0 Å². The van der Waals surface area contributed by atoms with Crippen LogP contribution in [0.2, 0.25) is 0 Å². The molecule has 0 saturated heterocycles. The van der Waals surface area contributed by atoms with Crippen LogP contribution in [0, 0.1) is 0 Å². The van der Waals surface area contributed by atoms with Gasteiger partial charge in [-0.15, -0.1) is 0 Å². The molecule has 0 aromatic rings. The van der Waals surface area contributed by atoms with Gasteiger partial charge in [0.25, 0.3) is 0 Å². The summed E-state index contributed by atoms with van der Waals surface area (Å²) in [4.78, 5) is 9.60. The quantitative estimate of drug-likeness (QED) is 0.412. The van der Waals surface area contributed by atoms with Gasteiger partial charge in [-0.3, -0.25) is 0 Å². The topological polar surface area (TPSA) is 37.3 Å². The number of carboxylic acid groups (broad SMARTS) is 1. The van der Waals surface area contributed by atoms with E-state index in [1.165, 1.54) is 6.92 Å². The van der Waals surface area contributed by atoms with Gasteiger partial charge in [0.15, 0.2) is 0 Å². The Hall–Kier alpha value is -0.154. The molecule has 0 spiro atoms. The molecule has 0 unspecified atom stereocenters. The third kappa shape index (κ3) is 5.85. The van der Waals surface area contributed by atoms with Gasteiger partial charge in [-0.2, -0.15) is 0 Å². The summed E-state index contributed by atoms with van der Waals surface area (Å²) >= 11 is 0. The molecule has 0 heterocycles. The van der Waals surface area contributed by atoms with Gasteiger partial charge in [-0.25, -0.2) is 4.79 Å². The van der Waals surface area contributed by atoms with Crippen LogP contribution in [-0.4, -0.2) is 30.9 Å². The molecule has 3 heteroatoms. The van der Waals surface area contributed by atoms with Crippen molar-refractivity contribution in [2.75, 3.05) is 0 Å². The molecule has 40 valence electrons. The van der Waals surface area contributed by atoms with Crippen LogP contribution >= 0.6 is 0 Å². The molecule has 0 aliphatic heterocycles. The third-order valence-corrected chi connectivity index (χ3v) is 0.365. The van der Waals surface area contributed by atoms with E-state index in [2.05, 4.69) is 6.58 Å². The Morgan fingerprint density at radius 2 is 1.86 bits per heavy atom. The number of carbonyl (C=O) groups is 1. The Bertz CT molecular complexity index is 75.7. The van der Waals surface area contributed by atoms with Gasteiger partial charge in [-0.1, -0.05) is 6.58 Å². The summed E-state index contributed by atoms with van der Waals surface area (Å²) < 4.78 is 0. The molecule has 0 rings (SSSR count). The number of rotatable bonds is 1. The van der Waals surface area contributed by atoms with Gasteiger partial charge in [0.2, 0.25) is 0 Å². The van der Waals surface area contributed by atoms with Crippen molar-refractivity contribution in [2.45, 2.75) is 6.92 Å². The first kappa shape index (κ1) is 9.96. The van der Waals surface area contributed by atoms with E-state index in [-0.39, 0.29) is 25.4 Å². The summed E-state index contributed by atoms with van der Waals surface area (Å²) in [6, 6.07) is 0. The molecule has 0 bridgehead atoms. The summed E-state index contributed by atoms with van der Waals surface area (Å²) in [6.45, 7) is 4.60. The SMILES string of the molecule is C=C(C)C(=O)O.[GaH3]. The van der Waals surface area contributed by atoms with Crippen molar-refractivity contribution in [1.82, 2.24) is 0 Å². The van der Waals surface area contributed by atoms with Gasteiger partial charge in [0, 0.05) is 5.57 Å². The predicted molar refractivity (Wildman–Crippen MR) is 32.4 cm³/mol. The van der Waals surface area contributed by atoms with Crippen LogP contribution in [0.25, 0.3) is 0 Å². The van der Waals surface area contributed by atoms with Crippen LogP contribution < -0.4 is 0 Å². The molecule has 0 radical (unpaired) electrons. The fourth-order valence-corrected chi connectivity index (χ4v) is 0. The van der Waals surface area contributed by atoms with E-state index in [0.29, 0.717) is 0 Å².